The highest BCUT2D eigenvalue weighted by atomic mass is 35.5. The lowest BCUT2D eigenvalue weighted by atomic mass is 10.0. The number of hydrogen-bond donors (Lipinski definition) is 2. The maximum atomic E-state index is 12.9. The molecule has 0 saturated carbocycles. The highest BCUT2D eigenvalue weighted by molar-refractivity contribution is 7.92. The Morgan fingerprint density at radius 3 is 2.61 bits per heavy atom. The molecule has 10 nitrogen and oxygen atoms in total. The first-order chi connectivity index (χ1) is 17.4. The summed E-state index contributed by atoms with van der Waals surface area (Å²) in [6.45, 7) is 2.85. The highest BCUT2D eigenvalue weighted by Crippen LogP contribution is 2.35. The number of aromatic amines is 1. The van der Waals surface area contributed by atoms with Gasteiger partial charge in [-0.25, -0.2) is 18.4 Å². The summed E-state index contributed by atoms with van der Waals surface area (Å²) in [5, 5.41) is 17.9. The first kappa shape index (κ1) is 24.1. The van der Waals surface area contributed by atoms with Gasteiger partial charge in [0, 0.05) is 36.1 Å². The van der Waals surface area contributed by atoms with Crippen molar-refractivity contribution in [1.29, 1.82) is 5.26 Å². The maximum absolute atomic E-state index is 12.9. The van der Waals surface area contributed by atoms with Crippen molar-refractivity contribution in [3.8, 4) is 28.6 Å². The Balaban J connectivity index is 1.55. The topological polar surface area (TPSA) is 137 Å². The Hall–Kier alpha value is -3.56. The number of nitrogens with zero attached hydrogens (tertiary/aromatic N) is 5. The Labute approximate surface area is 212 Å². The van der Waals surface area contributed by atoms with Crippen LogP contribution in [0.25, 0.3) is 33.4 Å². The van der Waals surface area contributed by atoms with Gasteiger partial charge in [-0.05, 0) is 12.1 Å². The molecule has 0 bridgehead atoms. The normalized spacial score (nSPS) is 14.6. The first-order valence-corrected chi connectivity index (χ1v) is 13.3. The maximum Gasteiger partial charge on any atom is 0.235 e. The van der Waals surface area contributed by atoms with Gasteiger partial charge in [0.15, 0.2) is 11.5 Å². The van der Waals surface area contributed by atoms with Crippen LogP contribution in [-0.2, 0) is 14.8 Å². The lowest BCUT2D eigenvalue weighted by Crippen LogP contribution is -2.39. The van der Waals surface area contributed by atoms with Gasteiger partial charge in [-0.1, -0.05) is 41.9 Å². The van der Waals surface area contributed by atoms with Gasteiger partial charge in [0.1, 0.15) is 6.07 Å². The summed E-state index contributed by atoms with van der Waals surface area (Å²) >= 11 is 6.45. The van der Waals surface area contributed by atoms with E-state index in [4.69, 9.17) is 16.3 Å². The number of sulfonamides is 1. The summed E-state index contributed by atoms with van der Waals surface area (Å²) in [4.78, 5) is 11.2. The minimum atomic E-state index is -3.79. The summed E-state index contributed by atoms with van der Waals surface area (Å²) in [6, 6.07) is 14.8. The second-order valence-electron chi connectivity index (χ2n) is 8.26. The van der Waals surface area contributed by atoms with Crippen molar-refractivity contribution in [2.75, 3.05) is 43.3 Å². The standard InChI is InChI=1S/C24H22ClN7O3S/c25-19-13-17(12-18-15-27-30-21(18)19)23-22(16-4-2-1-3-5-16)29-24(20(14-26)28-23)31-36(33,34)11-8-32-6-9-35-10-7-32/h1-5,12-13,15H,6-11H2,(H,27,30)(H,29,31). The number of nitrogens with one attached hydrogen (secondary N) is 2. The second kappa shape index (κ2) is 10.2. The van der Waals surface area contributed by atoms with E-state index in [1.165, 1.54) is 0 Å². The lowest BCUT2D eigenvalue weighted by molar-refractivity contribution is 0.0408. The average Bonchev–Trinajstić information content (AvgIpc) is 3.38. The molecule has 1 aliphatic rings. The number of hydrogen-bond acceptors (Lipinski definition) is 8. The van der Waals surface area contributed by atoms with Crippen LogP contribution in [0.5, 0.6) is 0 Å². The fourth-order valence-electron chi connectivity index (χ4n) is 4.01. The molecule has 36 heavy (non-hydrogen) atoms. The van der Waals surface area contributed by atoms with Crippen molar-refractivity contribution in [3.05, 3.63) is 59.4 Å². The summed E-state index contributed by atoms with van der Waals surface area (Å²) in [5.74, 6) is -0.257. The lowest BCUT2D eigenvalue weighted by Gasteiger charge is -2.26. The monoisotopic (exact) mass is 523 g/mol. The quantitative estimate of drug-likeness (QED) is 0.376. The molecule has 184 valence electrons. The minimum absolute atomic E-state index is 0.113. The largest absolute Gasteiger partial charge is 0.379 e. The van der Waals surface area contributed by atoms with Crippen LogP contribution in [0.1, 0.15) is 5.69 Å². The molecule has 0 aliphatic carbocycles. The van der Waals surface area contributed by atoms with Crippen molar-refractivity contribution in [3.63, 3.8) is 0 Å². The van der Waals surface area contributed by atoms with E-state index in [2.05, 4.69) is 24.9 Å². The number of halogens is 1. The Morgan fingerprint density at radius 2 is 1.86 bits per heavy atom. The molecule has 2 aromatic carbocycles. The SMILES string of the molecule is N#Cc1nc(-c2cc(Cl)c3[nH]ncc3c2)c(-c2ccccc2)nc1NS(=O)(=O)CCN1CCOCC1. The third-order valence-electron chi connectivity index (χ3n) is 5.86. The fourth-order valence-corrected chi connectivity index (χ4v) is 5.31. The zero-order valence-electron chi connectivity index (χ0n) is 19.1. The molecule has 4 aromatic rings. The van der Waals surface area contributed by atoms with Crippen molar-refractivity contribution in [2.24, 2.45) is 0 Å². The van der Waals surface area contributed by atoms with Crippen LogP contribution < -0.4 is 4.72 Å². The second-order valence-corrected chi connectivity index (χ2v) is 10.5. The minimum Gasteiger partial charge on any atom is -0.379 e. The Kier molecular flexibility index (Phi) is 6.84. The summed E-state index contributed by atoms with van der Waals surface area (Å²) < 4.78 is 33.6. The van der Waals surface area contributed by atoms with Gasteiger partial charge in [0.25, 0.3) is 0 Å². The predicted molar refractivity (Wildman–Crippen MR) is 137 cm³/mol. The summed E-state index contributed by atoms with van der Waals surface area (Å²) in [6.07, 6.45) is 1.64. The number of anilines is 1. The third kappa shape index (κ3) is 5.17. The zero-order valence-corrected chi connectivity index (χ0v) is 20.7. The molecule has 0 radical (unpaired) electrons. The van der Waals surface area contributed by atoms with Crippen molar-refractivity contribution < 1.29 is 13.2 Å². The number of fused-ring (bicyclic) bond motifs is 1. The van der Waals surface area contributed by atoms with Crippen LogP contribution in [-0.4, -0.2) is 72.1 Å². The van der Waals surface area contributed by atoms with Gasteiger partial charge in [-0.15, -0.1) is 0 Å². The molecule has 5 rings (SSSR count). The summed E-state index contributed by atoms with van der Waals surface area (Å²) in [7, 11) is -3.79. The number of aromatic nitrogens is 4. The van der Waals surface area contributed by atoms with E-state index in [1.54, 1.807) is 12.3 Å². The van der Waals surface area contributed by atoms with E-state index in [0.717, 1.165) is 5.39 Å². The number of rotatable bonds is 7. The van der Waals surface area contributed by atoms with Gasteiger partial charge in [0.2, 0.25) is 10.0 Å². The van der Waals surface area contributed by atoms with Crippen LogP contribution in [0.15, 0.2) is 48.7 Å². The highest BCUT2D eigenvalue weighted by Gasteiger charge is 2.22. The molecule has 1 fully saturated rings. The molecule has 12 heteroatoms. The Bertz CT molecular complexity index is 1550. The molecular formula is C24H22ClN7O3S. The van der Waals surface area contributed by atoms with E-state index in [9.17, 15) is 13.7 Å². The van der Waals surface area contributed by atoms with Gasteiger partial charge in [0.05, 0.1) is 47.1 Å². The van der Waals surface area contributed by atoms with Crippen molar-refractivity contribution >= 4 is 38.3 Å². The smallest absolute Gasteiger partial charge is 0.235 e. The molecule has 2 N–H and O–H groups in total. The van der Waals surface area contributed by atoms with Crippen LogP contribution >= 0.6 is 11.6 Å². The number of morpholine rings is 1. The van der Waals surface area contributed by atoms with E-state index < -0.39 is 10.0 Å². The molecule has 0 amide bonds. The van der Waals surface area contributed by atoms with E-state index in [-0.39, 0.29) is 17.3 Å². The molecule has 1 aliphatic heterocycles. The van der Waals surface area contributed by atoms with Crippen molar-refractivity contribution in [2.45, 2.75) is 0 Å². The van der Waals surface area contributed by atoms with Crippen LogP contribution in [0.3, 0.4) is 0 Å². The molecule has 0 spiro atoms. The molecular weight excluding hydrogens is 502 g/mol. The van der Waals surface area contributed by atoms with E-state index >= 15 is 0 Å². The number of ether oxygens (including phenoxy) is 1. The third-order valence-corrected chi connectivity index (χ3v) is 7.38. The van der Waals surface area contributed by atoms with Crippen molar-refractivity contribution in [1.82, 2.24) is 25.1 Å². The number of benzene rings is 2. The first-order valence-electron chi connectivity index (χ1n) is 11.2. The number of nitriles is 1. The number of H-pyrrole nitrogens is 1. The van der Waals surface area contributed by atoms with Gasteiger partial charge >= 0.3 is 0 Å². The summed E-state index contributed by atoms with van der Waals surface area (Å²) in [5.41, 5.74) is 2.70. The van der Waals surface area contributed by atoms with Gasteiger partial charge in [-0.2, -0.15) is 10.4 Å². The molecule has 0 atom stereocenters. The van der Waals surface area contributed by atoms with Gasteiger partial charge < -0.3 is 4.74 Å². The van der Waals surface area contributed by atoms with E-state index in [0.29, 0.717) is 65.9 Å². The fraction of sp³-hybridized carbons (Fsp3) is 0.250. The predicted octanol–water partition coefficient (Wildman–Crippen LogP) is 3.29. The molecule has 1 saturated heterocycles. The molecule has 2 aromatic heterocycles. The van der Waals surface area contributed by atoms with Crippen LogP contribution in [0, 0.1) is 11.3 Å². The average molecular weight is 524 g/mol. The van der Waals surface area contributed by atoms with Crippen LogP contribution in [0.4, 0.5) is 5.82 Å². The molecule has 0 unspecified atom stereocenters. The van der Waals surface area contributed by atoms with E-state index in [1.807, 2.05) is 47.4 Å². The molecule has 3 heterocycles. The Morgan fingerprint density at radius 1 is 1.11 bits per heavy atom. The van der Waals surface area contributed by atoms with Gasteiger partial charge in [-0.3, -0.25) is 14.7 Å². The zero-order chi connectivity index (χ0) is 25.1. The van der Waals surface area contributed by atoms with Crippen LogP contribution in [0.2, 0.25) is 5.02 Å².